The van der Waals surface area contributed by atoms with E-state index in [0.29, 0.717) is 6.54 Å². The van der Waals surface area contributed by atoms with Gasteiger partial charge < -0.3 is 5.32 Å². The topological polar surface area (TPSA) is 58.2 Å². The predicted octanol–water partition coefficient (Wildman–Crippen LogP) is 1.60. The van der Waals surface area contributed by atoms with E-state index in [1.165, 1.54) is 5.56 Å². The molecule has 0 amide bonds. The fourth-order valence-corrected chi connectivity index (χ4v) is 3.59. The largest absolute Gasteiger partial charge is 0.316 e. The Morgan fingerprint density at radius 3 is 2.78 bits per heavy atom. The summed E-state index contributed by atoms with van der Waals surface area (Å²) >= 11 is 1.63. The minimum Gasteiger partial charge on any atom is -0.316 e. The lowest BCUT2D eigenvalue weighted by Gasteiger charge is -2.13. The molecule has 0 aliphatic rings. The van der Waals surface area contributed by atoms with Crippen molar-refractivity contribution in [2.75, 3.05) is 18.8 Å². The van der Waals surface area contributed by atoms with E-state index in [1.54, 1.807) is 11.3 Å². The molecule has 1 rings (SSSR count). The summed E-state index contributed by atoms with van der Waals surface area (Å²) in [6.07, 6.45) is 1.76. The van der Waals surface area contributed by atoms with Gasteiger partial charge in [-0.25, -0.2) is 13.1 Å². The highest BCUT2D eigenvalue weighted by Gasteiger charge is 2.14. The van der Waals surface area contributed by atoms with Gasteiger partial charge in [0.25, 0.3) is 0 Å². The van der Waals surface area contributed by atoms with Crippen molar-refractivity contribution in [3.63, 3.8) is 0 Å². The zero-order chi connectivity index (χ0) is 13.4. The molecule has 4 nitrogen and oxygen atoms in total. The lowest BCUT2D eigenvalue weighted by Crippen LogP contribution is -2.38. The minimum atomic E-state index is -3.17. The van der Waals surface area contributed by atoms with Gasteiger partial charge in [0, 0.05) is 12.6 Å². The van der Waals surface area contributed by atoms with Crippen LogP contribution in [0.15, 0.2) is 16.8 Å². The average Bonchev–Trinajstić information content (AvgIpc) is 2.76. The highest BCUT2D eigenvalue weighted by molar-refractivity contribution is 7.89. The third-order valence-corrected chi connectivity index (χ3v) is 4.71. The zero-order valence-electron chi connectivity index (χ0n) is 11.0. The summed E-state index contributed by atoms with van der Waals surface area (Å²) in [6, 6.07) is 1.97. The Balaban J connectivity index is 2.30. The van der Waals surface area contributed by atoms with Crippen LogP contribution in [0.5, 0.6) is 0 Å². The number of hydrogen-bond acceptors (Lipinski definition) is 4. The molecule has 0 fully saturated rings. The highest BCUT2D eigenvalue weighted by Crippen LogP contribution is 2.08. The second kappa shape index (κ2) is 7.89. The molecule has 0 aliphatic heterocycles. The van der Waals surface area contributed by atoms with Crippen LogP contribution >= 0.6 is 11.3 Å². The van der Waals surface area contributed by atoms with Crippen LogP contribution in [-0.2, 0) is 16.4 Å². The van der Waals surface area contributed by atoms with Gasteiger partial charge in [0.05, 0.1) is 5.75 Å². The molecule has 0 aliphatic carbocycles. The van der Waals surface area contributed by atoms with E-state index in [2.05, 4.69) is 17.0 Å². The first-order chi connectivity index (χ1) is 8.53. The van der Waals surface area contributed by atoms with Crippen LogP contribution in [-0.4, -0.2) is 33.3 Å². The minimum absolute atomic E-state index is 0.0595. The van der Waals surface area contributed by atoms with Gasteiger partial charge in [0.2, 0.25) is 10.0 Å². The van der Waals surface area contributed by atoms with Crippen molar-refractivity contribution in [2.45, 2.75) is 32.7 Å². The van der Waals surface area contributed by atoms with Gasteiger partial charge in [-0.1, -0.05) is 6.92 Å². The monoisotopic (exact) mass is 290 g/mol. The summed E-state index contributed by atoms with van der Waals surface area (Å²) < 4.78 is 26.3. The Labute approximate surface area is 114 Å². The molecule has 1 heterocycles. The van der Waals surface area contributed by atoms with Gasteiger partial charge >= 0.3 is 0 Å². The molecule has 18 heavy (non-hydrogen) atoms. The van der Waals surface area contributed by atoms with E-state index in [9.17, 15) is 8.42 Å². The van der Waals surface area contributed by atoms with Gasteiger partial charge in [-0.3, -0.25) is 0 Å². The van der Waals surface area contributed by atoms with E-state index in [1.807, 2.05) is 23.8 Å². The fraction of sp³-hybridized carbons (Fsp3) is 0.667. The zero-order valence-corrected chi connectivity index (χ0v) is 12.6. The fourth-order valence-electron chi connectivity index (χ4n) is 1.68. The third-order valence-electron chi connectivity index (χ3n) is 2.48. The summed E-state index contributed by atoms with van der Waals surface area (Å²) in [6.45, 7) is 5.33. The van der Waals surface area contributed by atoms with E-state index >= 15 is 0 Å². The molecular weight excluding hydrogens is 268 g/mol. The van der Waals surface area contributed by atoms with Gasteiger partial charge in [-0.2, -0.15) is 11.3 Å². The van der Waals surface area contributed by atoms with Crippen molar-refractivity contribution in [1.29, 1.82) is 0 Å². The van der Waals surface area contributed by atoms with Gasteiger partial charge in [-0.15, -0.1) is 0 Å². The summed E-state index contributed by atoms with van der Waals surface area (Å²) in [5.74, 6) is 0.140. The smallest absolute Gasteiger partial charge is 0.213 e. The van der Waals surface area contributed by atoms with Crippen LogP contribution in [0, 0.1) is 0 Å². The van der Waals surface area contributed by atoms with Crippen molar-refractivity contribution < 1.29 is 8.42 Å². The first-order valence-corrected chi connectivity index (χ1v) is 8.85. The van der Waals surface area contributed by atoms with E-state index in [-0.39, 0.29) is 11.8 Å². The van der Waals surface area contributed by atoms with Crippen molar-refractivity contribution in [2.24, 2.45) is 0 Å². The van der Waals surface area contributed by atoms with E-state index < -0.39 is 10.0 Å². The molecule has 1 unspecified atom stereocenters. The molecule has 2 N–H and O–H groups in total. The Morgan fingerprint density at radius 2 is 2.17 bits per heavy atom. The van der Waals surface area contributed by atoms with E-state index in [0.717, 1.165) is 19.4 Å². The molecular formula is C12H22N2O2S2. The molecule has 6 heteroatoms. The maximum Gasteiger partial charge on any atom is 0.213 e. The standard InChI is InChI=1S/C12H22N2O2S2/c1-3-5-13-6-8-18(15,16)14-11(2)9-12-4-7-17-10-12/h4,7,10-11,13-14H,3,5-6,8-9H2,1-2H3. The summed E-state index contributed by atoms with van der Waals surface area (Å²) in [5, 5.41) is 7.15. The normalized spacial score (nSPS) is 13.7. The van der Waals surface area contributed by atoms with Crippen LogP contribution in [0.25, 0.3) is 0 Å². The molecule has 1 aromatic rings. The third kappa shape index (κ3) is 6.49. The summed E-state index contributed by atoms with van der Waals surface area (Å²) in [4.78, 5) is 0. The maximum absolute atomic E-state index is 11.8. The molecule has 0 bridgehead atoms. The first-order valence-electron chi connectivity index (χ1n) is 6.25. The number of sulfonamides is 1. The molecule has 0 spiro atoms. The summed E-state index contributed by atoms with van der Waals surface area (Å²) in [5.41, 5.74) is 1.18. The SMILES string of the molecule is CCCNCCS(=O)(=O)NC(C)Cc1ccsc1. The van der Waals surface area contributed by atoms with Crippen molar-refractivity contribution in [1.82, 2.24) is 10.0 Å². The van der Waals surface area contributed by atoms with Crippen molar-refractivity contribution in [3.05, 3.63) is 22.4 Å². The van der Waals surface area contributed by atoms with E-state index in [4.69, 9.17) is 0 Å². The molecule has 104 valence electrons. The molecule has 0 saturated heterocycles. The molecule has 1 atom stereocenters. The van der Waals surface area contributed by atoms with Crippen LogP contribution < -0.4 is 10.0 Å². The molecule has 1 aromatic heterocycles. The average molecular weight is 290 g/mol. The lowest BCUT2D eigenvalue weighted by atomic mass is 10.1. The predicted molar refractivity (Wildman–Crippen MR) is 77.6 cm³/mol. The van der Waals surface area contributed by atoms with Crippen LogP contribution in [0.1, 0.15) is 25.8 Å². The number of nitrogens with one attached hydrogen (secondary N) is 2. The summed E-state index contributed by atoms with van der Waals surface area (Å²) in [7, 11) is -3.17. The van der Waals surface area contributed by atoms with Crippen molar-refractivity contribution in [3.8, 4) is 0 Å². The van der Waals surface area contributed by atoms with Crippen LogP contribution in [0.3, 0.4) is 0 Å². The maximum atomic E-state index is 11.8. The van der Waals surface area contributed by atoms with Gasteiger partial charge in [-0.05, 0) is 48.7 Å². The van der Waals surface area contributed by atoms with Crippen LogP contribution in [0.2, 0.25) is 0 Å². The second-order valence-electron chi connectivity index (χ2n) is 4.42. The Kier molecular flexibility index (Phi) is 6.85. The molecule has 0 radical (unpaired) electrons. The number of hydrogen-bond donors (Lipinski definition) is 2. The highest BCUT2D eigenvalue weighted by atomic mass is 32.2. The van der Waals surface area contributed by atoms with Crippen LogP contribution in [0.4, 0.5) is 0 Å². The first kappa shape index (κ1) is 15.6. The lowest BCUT2D eigenvalue weighted by molar-refractivity contribution is 0.556. The Bertz CT molecular complexity index is 415. The quantitative estimate of drug-likeness (QED) is 0.679. The van der Waals surface area contributed by atoms with Gasteiger partial charge in [0.15, 0.2) is 0 Å². The van der Waals surface area contributed by atoms with Gasteiger partial charge in [0.1, 0.15) is 0 Å². The number of thiophene rings is 1. The van der Waals surface area contributed by atoms with Crippen molar-refractivity contribution >= 4 is 21.4 Å². The number of rotatable bonds is 9. The molecule has 0 aromatic carbocycles. The Morgan fingerprint density at radius 1 is 1.39 bits per heavy atom. The molecule has 0 saturated carbocycles. The second-order valence-corrected chi connectivity index (χ2v) is 7.08. The Hall–Kier alpha value is -0.430.